The molecule has 0 N–H and O–H groups in total. The van der Waals surface area contributed by atoms with E-state index < -0.39 is 0 Å². The lowest BCUT2D eigenvalue weighted by Gasteiger charge is -2.08. The quantitative estimate of drug-likeness (QED) is 0.729. The van der Waals surface area contributed by atoms with Gasteiger partial charge in [0.15, 0.2) is 6.20 Å². The number of aromatic nitrogens is 1. The van der Waals surface area contributed by atoms with Gasteiger partial charge >= 0.3 is 0 Å². The molecule has 0 saturated heterocycles. The molecule has 1 aromatic heterocycles. The van der Waals surface area contributed by atoms with Gasteiger partial charge in [-0.1, -0.05) is 31.5 Å². The molecule has 0 radical (unpaired) electrons. The Labute approximate surface area is 116 Å². The third kappa shape index (κ3) is 3.23. The van der Waals surface area contributed by atoms with Crippen LogP contribution in [-0.2, 0) is 13.5 Å². The molecule has 0 saturated carbocycles. The Balaban J connectivity index is 2.40. The van der Waals surface area contributed by atoms with Crippen LogP contribution in [-0.4, -0.2) is 0 Å². The molecule has 0 unspecified atom stereocenters. The Morgan fingerprint density at radius 1 is 1.05 bits per heavy atom. The lowest BCUT2D eigenvalue weighted by molar-refractivity contribution is -0.660. The van der Waals surface area contributed by atoms with E-state index in [9.17, 15) is 0 Å². The molecule has 0 atom stereocenters. The number of benzene rings is 1. The van der Waals surface area contributed by atoms with Gasteiger partial charge in [-0.2, -0.15) is 0 Å². The van der Waals surface area contributed by atoms with E-state index in [0.29, 0.717) is 5.92 Å². The van der Waals surface area contributed by atoms with Crippen molar-refractivity contribution in [3.05, 3.63) is 53.2 Å². The molecule has 0 aliphatic carbocycles. The topological polar surface area (TPSA) is 3.88 Å². The predicted octanol–water partition coefficient (Wildman–Crippen LogP) is 3.99. The zero-order chi connectivity index (χ0) is 14.0. The van der Waals surface area contributed by atoms with Crippen molar-refractivity contribution in [3.8, 4) is 11.3 Å². The predicted molar refractivity (Wildman–Crippen MR) is 81.1 cm³/mol. The molecule has 0 aliphatic heterocycles. The molecule has 100 valence electrons. The molecule has 0 amide bonds. The van der Waals surface area contributed by atoms with Crippen molar-refractivity contribution in [2.45, 2.75) is 34.1 Å². The van der Waals surface area contributed by atoms with E-state index in [1.165, 1.54) is 27.9 Å². The maximum absolute atomic E-state index is 2.26. The van der Waals surface area contributed by atoms with E-state index >= 15 is 0 Å². The molecule has 0 spiro atoms. The van der Waals surface area contributed by atoms with E-state index in [2.05, 4.69) is 75.8 Å². The van der Waals surface area contributed by atoms with Crippen molar-refractivity contribution < 1.29 is 4.57 Å². The van der Waals surface area contributed by atoms with Crippen LogP contribution < -0.4 is 4.57 Å². The minimum atomic E-state index is 0.701. The van der Waals surface area contributed by atoms with Crippen LogP contribution in [0.25, 0.3) is 11.3 Å². The summed E-state index contributed by atoms with van der Waals surface area (Å²) in [5.41, 5.74) is 6.67. The lowest BCUT2D eigenvalue weighted by atomic mass is 10.00. The first-order valence-corrected chi connectivity index (χ1v) is 7.03. The minimum Gasteiger partial charge on any atom is -0.201 e. The monoisotopic (exact) mass is 254 g/mol. The van der Waals surface area contributed by atoms with E-state index in [4.69, 9.17) is 0 Å². The second kappa shape index (κ2) is 5.56. The maximum Gasteiger partial charge on any atom is 0.212 e. The molecule has 1 nitrogen and oxygen atoms in total. The summed E-state index contributed by atoms with van der Waals surface area (Å²) in [6.07, 6.45) is 3.40. The zero-order valence-corrected chi connectivity index (χ0v) is 12.7. The van der Waals surface area contributed by atoms with Crippen molar-refractivity contribution >= 4 is 0 Å². The fourth-order valence-corrected chi connectivity index (χ4v) is 2.64. The van der Waals surface area contributed by atoms with Crippen LogP contribution in [0.3, 0.4) is 0 Å². The fourth-order valence-electron chi connectivity index (χ4n) is 2.64. The number of rotatable bonds is 3. The average Bonchev–Trinajstić information content (AvgIpc) is 2.30. The molecular formula is C18H24N+. The summed E-state index contributed by atoms with van der Waals surface area (Å²) >= 11 is 0. The van der Waals surface area contributed by atoms with Crippen molar-refractivity contribution in [1.29, 1.82) is 0 Å². The molecule has 2 rings (SSSR count). The van der Waals surface area contributed by atoms with E-state index in [1.54, 1.807) is 0 Å². The highest BCUT2D eigenvalue weighted by atomic mass is 14.9. The van der Waals surface area contributed by atoms with E-state index in [0.717, 1.165) is 6.42 Å². The number of hydrogen-bond acceptors (Lipinski definition) is 0. The van der Waals surface area contributed by atoms with Crippen molar-refractivity contribution in [2.75, 3.05) is 0 Å². The van der Waals surface area contributed by atoms with Crippen LogP contribution in [0.15, 0.2) is 36.5 Å². The smallest absolute Gasteiger partial charge is 0.201 e. The van der Waals surface area contributed by atoms with Crippen LogP contribution >= 0.6 is 0 Å². The molecule has 0 fully saturated rings. The third-order valence-electron chi connectivity index (χ3n) is 3.50. The van der Waals surface area contributed by atoms with Gasteiger partial charge < -0.3 is 0 Å². The van der Waals surface area contributed by atoms with Crippen molar-refractivity contribution in [3.63, 3.8) is 0 Å². The molecule has 0 aliphatic rings. The minimum absolute atomic E-state index is 0.701. The summed E-state index contributed by atoms with van der Waals surface area (Å²) in [7, 11) is 2.14. The summed E-state index contributed by atoms with van der Waals surface area (Å²) in [5.74, 6) is 0.701. The Kier molecular flexibility index (Phi) is 4.04. The van der Waals surface area contributed by atoms with Gasteiger partial charge in [0, 0.05) is 17.2 Å². The van der Waals surface area contributed by atoms with Crippen LogP contribution in [0.4, 0.5) is 0 Å². The van der Waals surface area contributed by atoms with Crippen LogP contribution in [0.5, 0.6) is 0 Å². The first-order valence-electron chi connectivity index (χ1n) is 7.03. The van der Waals surface area contributed by atoms with Gasteiger partial charge in [-0.15, -0.1) is 0 Å². The van der Waals surface area contributed by atoms with Crippen molar-refractivity contribution in [2.24, 2.45) is 13.0 Å². The third-order valence-corrected chi connectivity index (χ3v) is 3.50. The highest BCUT2D eigenvalue weighted by Gasteiger charge is 2.13. The molecule has 1 aromatic carbocycles. The molecule has 0 bridgehead atoms. The van der Waals surface area contributed by atoms with Crippen LogP contribution in [0.1, 0.15) is 30.5 Å². The standard InChI is InChI=1S/C18H24N/c1-13(2)10-16-7-9-18(19(5)12-16)17-8-6-14(3)11-15(17)4/h6-9,11-13H,10H2,1-5H3/q+1. The van der Waals surface area contributed by atoms with Gasteiger partial charge in [0.25, 0.3) is 0 Å². The van der Waals surface area contributed by atoms with Crippen LogP contribution in [0, 0.1) is 19.8 Å². The largest absolute Gasteiger partial charge is 0.212 e. The first kappa shape index (κ1) is 13.8. The summed E-state index contributed by atoms with van der Waals surface area (Å²) in [6, 6.07) is 11.2. The van der Waals surface area contributed by atoms with Gasteiger partial charge in [0.05, 0.1) is 0 Å². The highest BCUT2D eigenvalue weighted by molar-refractivity contribution is 5.61. The zero-order valence-electron chi connectivity index (χ0n) is 12.7. The number of nitrogens with zero attached hydrogens (tertiary/aromatic N) is 1. The fraction of sp³-hybridized carbons (Fsp3) is 0.389. The number of pyridine rings is 1. The highest BCUT2D eigenvalue weighted by Crippen LogP contribution is 2.21. The van der Waals surface area contributed by atoms with Gasteiger partial charge in [0.2, 0.25) is 5.69 Å². The van der Waals surface area contributed by atoms with E-state index in [-0.39, 0.29) is 0 Å². The number of aryl methyl sites for hydroxylation is 3. The second-order valence-corrected chi connectivity index (χ2v) is 5.95. The Morgan fingerprint density at radius 2 is 1.79 bits per heavy atom. The normalized spacial score (nSPS) is 11.1. The Morgan fingerprint density at radius 3 is 2.37 bits per heavy atom. The number of hydrogen-bond donors (Lipinski definition) is 0. The van der Waals surface area contributed by atoms with Gasteiger partial charge in [-0.25, -0.2) is 4.57 Å². The maximum atomic E-state index is 2.26. The summed E-state index contributed by atoms with van der Waals surface area (Å²) in [4.78, 5) is 0. The van der Waals surface area contributed by atoms with E-state index in [1.807, 2.05) is 0 Å². The SMILES string of the molecule is Cc1ccc(-c2ccc(CC(C)C)c[n+]2C)c(C)c1. The van der Waals surface area contributed by atoms with Gasteiger partial charge in [-0.05, 0) is 43.9 Å². The molecule has 1 heterocycles. The summed E-state index contributed by atoms with van der Waals surface area (Å²) in [5, 5.41) is 0. The van der Waals surface area contributed by atoms with Crippen LogP contribution in [0.2, 0.25) is 0 Å². The Bertz CT molecular complexity index is 582. The molecular weight excluding hydrogens is 230 g/mol. The Hall–Kier alpha value is -1.63. The lowest BCUT2D eigenvalue weighted by Crippen LogP contribution is -2.31. The average molecular weight is 254 g/mol. The summed E-state index contributed by atoms with van der Waals surface area (Å²) in [6.45, 7) is 8.85. The molecule has 19 heavy (non-hydrogen) atoms. The molecule has 2 aromatic rings. The van der Waals surface area contributed by atoms with Gasteiger partial charge in [0.1, 0.15) is 7.05 Å². The van der Waals surface area contributed by atoms with Crippen molar-refractivity contribution in [1.82, 2.24) is 0 Å². The van der Waals surface area contributed by atoms with Gasteiger partial charge in [-0.3, -0.25) is 0 Å². The first-order chi connectivity index (χ1) is 8.97. The second-order valence-electron chi connectivity index (χ2n) is 5.95. The molecule has 1 heteroatoms. The summed E-state index contributed by atoms with van der Waals surface area (Å²) < 4.78 is 2.25.